The minimum absolute atomic E-state index is 0.0641. The van der Waals surface area contributed by atoms with Gasteiger partial charge in [0.05, 0.1) is 0 Å². The van der Waals surface area contributed by atoms with Gasteiger partial charge in [-0.15, -0.1) is 0 Å². The fourth-order valence-electron chi connectivity index (χ4n) is 2.41. The number of hydrogen-bond acceptors (Lipinski definition) is 4. The van der Waals surface area contributed by atoms with Crippen molar-refractivity contribution in [3.63, 3.8) is 0 Å². The number of anilines is 1. The first kappa shape index (κ1) is 15.6. The standard InChI is InChI=1S/C16H27N3S/c1-5-13-11-19(6-7-20-13)15-9-12(10-17)8-14(18-15)16(2,3)4/h8-9,13H,5-7,10-11,17H2,1-4H3. The molecule has 1 atom stereocenters. The zero-order valence-electron chi connectivity index (χ0n) is 13.1. The summed E-state index contributed by atoms with van der Waals surface area (Å²) in [4.78, 5) is 7.34. The van der Waals surface area contributed by atoms with Crippen LogP contribution in [0.4, 0.5) is 5.82 Å². The molecule has 20 heavy (non-hydrogen) atoms. The molecule has 1 fully saturated rings. The number of aromatic nitrogens is 1. The highest BCUT2D eigenvalue weighted by molar-refractivity contribution is 8.00. The summed E-state index contributed by atoms with van der Waals surface area (Å²) in [6.45, 7) is 11.7. The molecule has 1 aromatic heterocycles. The Hall–Kier alpha value is -0.740. The molecule has 0 aliphatic carbocycles. The molecule has 0 saturated carbocycles. The van der Waals surface area contributed by atoms with E-state index in [2.05, 4.69) is 56.5 Å². The highest BCUT2D eigenvalue weighted by Gasteiger charge is 2.23. The first-order valence-electron chi connectivity index (χ1n) is 7.52. The summed E-state index contributed by atoms with van der Waals surface area (Å²) in [6, 6.07) is 4.32. The summed E-state index contributed by atoms with van der Waals surface area (Å²) in [6.07, 6.45) is 1.23. The smallest absolute Gasteiger partial charge is 0.129 e. The molecule has 1 saturated heterocycles. The Kier molecular flexibility index (Phi) is 4.97. The Morgan fingerprint density at radius 1 is 1.40 bits per heavy atom. The Morgan fingerprint density at radius 2 is 2.15 bits per heavy atom. The van der Waals surface area contributed by atoms with E-state index in [1.807, 2.05) is 0 Å². The number of thioether (sulfide) groups is 1. The van der Waals surface area contributed by atoms with Gasteiger partial charge in [-0.25, -0.2) is 4.98 Å². The Balaban J connectivity index is 2.30. The van der Waals surface area contributed by atoms with Crippen LogP contribution in [0.3, 0.4) is 0 Å². The topological polar surface area (TPSA) is 42.1 Å². The monoisotopic (exact) mass is 293 g/mol. The van der Waals surface area contributed by atoms with E-state index in [-0.39, 0.29) is 5.41 Å². The summed E-state index contributed by atoms with van der Waals surface area (Å²) in [7, 11) is 0. The minimum Gasteiger partial charge on any atom is -0.355 e. The third-order valence-electron chi connectivity index (χ3n) is 3.79. The number of hydrogen-bond donors (Lipinski definition) is 1. The number of pyridine rings is 1. The molecule has 2 rings (SSSR count). The molecule has 3 nitrogen and oxygen atoms in total. The van der Waals surface area contributed by atoms with Gasteiger partial charge >= 0.3 is 0 Å². The first-order valence-corrected chi connectivity index (χ1v) is 8.57. The summed E-state index contributed by atoms with van der Waals surface area (Å²) in [5.41, 5.74) is 8.25. The van der Waals surface area contributed by atoms with E-state index in [0.29, 0.717) is 6.54 Å². The van der Waals surface area contributed by atoms with Crippen molar-refractivity contribution in [2.75, 3.05) is 23.7 Å². The van der Waals surface area contributed by atoms with Crippen LogP contribution in [-0.2, 0) is 12.0 Å². The first-order chi connectivity index (χ1) is 9.44. The van der Waals surface area contributed by atoms with Crippen molar-refractivity contribution in [2.45, 2.75) is 51.3 Å². The summed E-state index contributed by atoms with van der Waals surface area (Å²) in [5.74, 6) is 2.30. The fraction of sp³-hybridized carbons (Fsp3) is 0.688. The van der Waals surface area contributed by atoms with Crippen molar-refractivity contribution in [3.05, 3.63) is 23.4 Å². The highest BCUT2D eigenvalue weighted by Crippen LogP contribution is 2.28. The third-order valence-corrected chi connectivity index (χ3v) is 5.17. The second kappa shape index (κ2) is 6.35. The molecule has 1 unspecified atom stereocenters. The molecule has 1 aromatic rings. The molecule has 0 radical (unpaired) electrons. The van der Waals surface area contributed by atoms with Gasteiger partial charge in [0.2, 0.25) is 0 Å². The quantitative estimate of drug-likeness (QED) is 0.929. The van der Waals surface area contributed by atoms with E-state index in [0.717, 1.165) is 29.9 Å². The molecule has 0 aromatic carbocycles. The zero-order chi connectivity index (χ0) is 14.8. The van der Waals surface area contributed by atoms with Gasteiger partial charge in [0, 0.05) is 41.7 Å². The van der Waals surface area contributed by atoms with Gasteiger partial charge in [-0.2, -0.15) is 11.8 Å². The number of nitrogens with zero attached hydrogens (tertiary/aromatic N) is 2. The van der Waals surface area contributed by atoms with Gasteiger partial charge in [0.15, 0.2) is 0 Å². The van der Waals surface area contributed by atoms with E-state index in [1.165, 1.54) is 17.7 Å². The van der Waals surface area contributed by atoms with E-state index in [4.69, 9.17) is 10.7 Å². The van der Waals surface area contributed by atoms with Crippen molar-refractivity contribution >= 4 is 17.6 Å². The van der Waals surface area contributed by atoms with E-state index in [9.17, 15) is 0 Å². The lowest BCUT2D eigenvalue weighted by molar-refractivity contribution is 0.566. The lowest BCUT2D eigenvalue weighted by atomic mass is 9.90. The maximum absolute atomic E-state index is 5.86. The average Bonchev–Trinajstić information content (AvgIpc) is 2.46. The zero-order valence-corrected chi connectivity index (χ0v) is 14.0. The van der Waals surface area contributed by atoms with E-state index < -0.39 is 0 Å². The molecule has 1 aliphatic rings. The van der Waals surface area contributed by atoms with Crippen molar-refractivity contribution in [3.8, 4) is 0 Å². The molecule has 4 heteroatoms. The minimum atomic E-state index is 0.0641. The van der Waals surface area contributed by atoms with Crippen LogP contribution in [0, 0.1) is 0 Å². The molecule has 112 valence electrons. The Labute approximate surface area is 127 Å². The van der Waals surface area contributed by atoms with Gasteiger partial charge in [0.25, 0.3) is 0 Å². The Bertz CT molecular complexity index is 454. The lowest BCUT2D eigenvalue weighted by Crippen LogP contribution is -2.38. The van der Waals surface area contributed by atoms with Crippen molar-refractivity contribution in [1.29, 1.82) is 0 Å². The van der Waals surface area contributed by atoms with Gasteiger partial charge in [-0.1, -0.05) is 27.7 Å². The van der Waals surface area contributed by atoms with Crippen LogP contribution in [0.5, 0.6) is 0 Å². The van der Waals surface area contributed by atoms with Gasteiger partial charge in [-0.05, 0) is 24.1 Å². The van der Waals surface area contributed by atoms with Crippen molar-refractivity contribution in [2.24, 2.45) is 5.73 Å². The SMILES string of the molecule is CCC1CN(c2cc(CN)cc(C(C)(C)C)n2)CCS1. The van der Waals surface area contributed by atoms with Crippen LogP contribution < -0.4 is 10.6 Å². The highest BCUT2D eigenvalue weighted by atomic mass is 32.2. The second-order valence-electron chi connectivity index (χ2n) is 6.52. The molecule has 1 aliphatic heterocycles. The fourth-order valence-corrected chi connectivity index (χ4v) is 3.59. The summed E-state index contributed by atoms with van der Waals surface area (Å²) >= 11 is 2.09. The predicted molar refractivity (Wildman–Crippen MR) is 89.6 cm³/mol. The predicted octanol–water partition coefficient (Wildman–Crippen LogP) is 3.17. The van der Waals surface area contributed by atoms with Crippen LogP contribution in [0.2, 0.25) is 0 Å². The summed E-state index contributed by atoms with van der Waals surface area (Å²) in [5, 5.41) is 0.727. The van der Waals surface area contributed by atoms with Gasteiger partial charge < -0.3 is 10.6 Å². The van der Waals surface area contributed by atoms with Crippen LogP contribution in [0.15, 0.2) is 12.1 Å². The average molecular weight is 293 g/mol. The molecule has 0 spiro atoms. The van der Waals surface area contributed by atoms with Gasteiger partial charge in [0.1, 0.15) is 5.82 Å². The van der Waals surface area contributed by atoms with Gasteiger partial charge in [-0.3, -0.25) is 0 Å². The van der Waals surface area contributed by atoms with Crippen LogP contribution in [-0.4, -0.2) is 29.1 Å². The third kappa shape index (κ3) is 3.67. The Morgan fingerprint density at radius 3 is 2.75 bits per heavy atom. The molecule has 0 bridgehead atoms. The van der Waals surface area contributed by atoms with E-state index in [1.54, 1.807) is 0 Å². The largest absolute Gasteiger partial charge is 0.355 e. The molecule has 2 N–H and O–H groups in total. The molecule has 0 amide bonds. The lowest BCUT2D eigenvalue weighted by Gasteiger charge is -2.34. The molecule has 2 heterocycles. The summed E-state index contributed by atoms with van der Waals surface area (Å²) < 4.78 is 0. The van der Waals surface area contributed by atoms with E-state index >= 15 is 0 Å². The number of nitrogens with two attached hydrogens (primary N) is 1. The number of rotatable bonds is 3. The normalized spacial score (nSPS) is 20.2. The van der Waals surface area contributed by atoms with Crippen molar-refractivity contribution < 1.29 is 0 Å². The second-order valence-corrected chi connectivity index (χ2v) is 7.93. The van der Waals surface area contributed by atoms with Crippen LogP contribution >= 0.6 is 11.8 Å². The molecular formula is C16H27N3S. The molecular weight excluding hydrogens is 266 g/mol. The maximum Gasteiger partial charge on any atom is 0.129 e. The maximum atomic E-state index is 5.86. The van der Waals surface area contributed by atoms with Crippen LogP contribution in [0.25, 0.3) is 0 Å². The van der Waals surface area contributed by atoms with Crippen molar-refractivity contribution in [1.82, 2.24) is 4.98 Å². The van der Waals surface area contributed by atoms with Crippen LogP contribution in [0.1, 0.15) is 45.4 Å².